The lowest BCUT2D eigenvalue weighted by atomic mass is 10.1. The van der Waals surface area contributed by atoms with Crippen LogP contribution in [0.5, 0.6) is 0 Å². The van der Waals surface area contributed by atoms with Crippen molar-refractivity contribution in [3.63, 3.8) is 0 Å². The number of nitrogens with one attached hydrogen (secondary N) is 1. The van der Waals surface area contributed by atoms with Gasteiger partial charge in [-0.1, -0.05) is 29.8 Å². The van der Waals surface area contributed by atoms with Crippen molar-refractivity contribution in [1.29, 1.82) is 0 Å². The van der Waals surface area contributed by atoms with Crippen LogP contribution in [0.4, 0.5) is 0 Å². The van der Waals surface area contributed by atoms with E-state index in [0.29, 0.717) is 15.8 Å². The zero-order valence-corrected chi connectivity index (χ0v) is 14.3. The molecule has 1 fully saturated rings. The molecule has 0 saturated heterocycles. The molecule has 120 valence electrons. The van der Waals surface area contributed by atoms with Crippen LogP contribution in [0, 0.1) is 0 Å². The molecule has 24 heavy (non-hydrogen) atoms. The molecule has 4 nitrogen and oxygen atoms in total. The number of thiophene rings is 1. The Morgan fingerprint density at radius 2 is 2.12 bits per heavy atom. The third kappa shape index (κ3) is 3.18. The maximum Gasteiger partial charge on any atom is 0.272 e. The van der Waals surface area contributed by atoms with Gasteiger partial charge in [-0.3, -0.25) is 9.78 Å². The molecule has 6 heteroatoms. The first-order valence-electron chi connectivity index (χ1n) is 7.69. The Kier molecular flexibility index (Phi) is 4.04. The summed E-state index contributed by atoms with van der Waals surface area (Å²) in [6.07, 6.45) is 3.88. The average molecular weight is 356 g/mol. The van der Waals surface area contributed by atoms with E-state index in [1.165, 1.54) is 11.3 Å². The van der Waals surface area contributed by atoms with Crippen molar-refractivity contribution in [3.8, 4) is 0 Å². The maximum absolute atomic E-state index is 12.6. The van der Waals surface area contributed by atoms with Crippen LogP contribution in [0.25, 0.3) is 10.9 Å². The zero-order valence-electron chi connectivity index (χ0n) is 12.7. The van der Waals surface area contributed by atoms with E-state index < -0.39 is 0 Å². The molecule has 1 aliphatic carbocycles. The molecule has 1 saturated carbocycles. The zero-order chi connectivity index (χ0) is 16.5. The fourth-order valence-electron chi connectivity index (χ4n) is 2.58. The van der Waals surface area contributed by atoms with E-state index in [9.17, 15) is 4.79 Å². The first-order valence-corrected chi connectivity index (χ1v) is 8.88. The molecule has 0 atom stereocenters. The summed E-state index contributed by atoms with van der Waals surface area (Å²) in [5, 5.41) is 4.88. The summed E-state index contributed by atoms with van der Waals surface area (Å²) in [5.41, 5.74) is 5.06. The van der Waals surface area contributed by atoms with Crippen LogP contribution < -0.4 is 5.43 Å². The van der Waals surface area contributed by atoms with Crippen LogP contribution >= 0.6 is 22.9 Å². The predicted molar refractivity (Wildman–Crippen MR) is 98.1 cm³/mol. The lowest BCUT2D eigenvalue weighted by molar-refractivity contribution is 0.0956. The molecule has 1 aliphatic rings. The molecular weight excluding hydrogens is 342 g/mol. The molecule has 1 amide bonds. The van der Waals surface area contributed by atoms with Gasteiger partial charge in [0.05, 0.1) is 21.6 Å². The van der Waals surface area contributed by atoms with Gasteiger partial charge in [0.1, 0.15) is 0 Å². The number of carbonyl (C=O) groups is 1. The number of benzene rings is 1. The maximum atomic E-state index is 12.6. The standard InChI is InChI=1S/C18H14ClN3OS/c19-17-8-7-12(24-17)10-20-22-18(23)14-9-16(11-5-6-11)21-15-4-2-1-3-13(14)15/h1-4,7-11H,5-6H2,(H,22,23). The van der Waals surface area contributed by atoms with Gasteiger partial charge < -0.3 is 0 Å². The largest absolute Gasteiger partial charge is 0.272 e. The monoisotopic (exact) mass is 355 g/mol. The summed E-state index contributed by atoms with van der Waals surface area (Å²) in [7, 11) is 0. The Labute approximate surface area is 148 Å². The van der Waals surface area contributed by atoms with Gasteiger partial charge in [0.25, 0.3) is 5.91 Å². The van der Waals surface area contributed by atoms with Crippen LogP contribution in [0.3, 0.4) is 0 Å². The number of carbonyl (C=O) groups excluding carboxylic acids is 1. The number of pyridine rings is 1. The molecule has 1 N–H and O–H groups in total. The molecular formula is C18H14ClN3OS. The molecule has 0 unspecified atom stereocenters. The number of fused-ring (bicyclic) bond motifs is 1. The number of halogens is 1. The minimum Gasteiger partial charge on any atom is -0.267 e. The number of nitrogens with zero attached hydrogens (tertiary/aromatic N) is 2. The van der Waals surface area contributed by atoms with Crippen molar-refractivity contribution in [2.75, 3.05) is 0 Å². The topological polar surface area (TPSA) is 54.4 Å². The van der Waals surface area contributed by atoms with Crippen LogP contribution in [0.1, 0.15) is 39.7 Å². The second kappa shape index (κ2) is 6.34. The Morgan fingerprint density at radius 3 is 2.88 bits per heavy atom. The first kappa shape index (κ1) is 15.3. The van der Waals surface area contributed by atoms with E-state index in [2.05, 4.69) is 15.5 Å². The lowest BCUT2D eigenvalue weighted by Gasteiger charge is -2.08. The summed E-state index contributed by atoms with van der Waals surface area (Å²) < 4.78 is 0.692. The smallest absolute Gasteiger partial charge is 0.267 e. The van der Waals surface area contributed by atoms with Crippen LogP contribution in [-0.2, 0) is 0 Å². The number of hydrazone groups is 1. The molecule has 1 aromatic carbocycles. The molecule has 0 spiro atoms. The average Bonchev–Trinajstić information content (AvgIpc) is 3.36. The summed E-state index contributed by atoms with van der Waals surface area (Å²) >= 11 is 7.29. The Hall–Kier alpha value is -2.24. The number of rotatable bonds is 4. The van der Waals surface area contributed by atoms with Crippen LogP contribution in [-0.4, -0.2) is 17.1 Å². The number of para-hydroxylation sites is 1. The Balaban J connectivity index is 1.62. The fourth-order valence-corrected chi connectivity index (χ4v) is 3.52. The highest BCUT2D eigenvalue weighted by Gasteiger charge is 2.26. The molecule has 0 radical (unpaired) electrons. The normalized spacial score (nSPS) is 14.4. The molecule has 4 rings (SSSR count). The van der Waals surface area contributed by atoms with Gasteiger partial charge in [-0.15, -0.1) is 11.3 Å². The molecule has 0 aliphatic heterocycles. The van der Waals surface area contributed by atoms with Crippen molar-refractivity contribution in [2.24, 2.45) is 5.10 Å². The SMILES string of the molecule is O=C(NN=Cc1ccc(Cl)s1)c1cc(C2CC2)nc2ccccc12. The number of amides is 1. The van der Waals surface area contributed by atoms with Crippen molar-refractivity contribution >= 4 is 46.0 Å². The summed E-state index contributed by atoms with van der Waals surface area (Å²) in [4.78, 5) is 18.1. The highest BCUT2D eigenvalue weighted by Crippen LogP contribution is 2.40. The van der Waals surface area contributed by atoms with E-state index >= 15 is 0 Å². The summed E-state index contributed by atoms with van der Waals surface area (Å²) in [5.74, 6) is 0.257. The third-order valence-electron chi connectivity index (χ3n) is 3.93. The van der Waals surface area contributed by atoms with Gasteiger partial charge >= 0.3 is 0 Å². The predicted octanol–water partition coefficient (Wildman–Crippen LogP) is 4.59. The Morgan fingerprint density at radius 1 is 1.29 bits per heavy atom. The molecule has 0 bridgehead atoms. The lowest BCUT2D eigenvalue weighted by Crippen LogP contribution is -2.18. The Bertz CT molecular complexity index is 946. The van der Waals surface area contributed by atoms with Crippen LogP contribution in [0.2, 0.25) is 4.34 Å². The molecule has 2 aromatic heterocycles. The minimum atomic E-state index is -0.227. The van der Waals surface area contributed by atoms with Crippen molar-refractivity contribution in [1.82, 2.24) is 10.4 Å². The second-order valence-corrected chi connectivity index (χ2v) is 7.47. The second-order valence-electron chi connectivity index (χ2n) is 5.73. The number of hydrogen-bond donors (Lipinski definition) is 1. The van der Waals surface area contributed by atoms with Crippen molar-refractivity contribution in [2.45, 2.75) is 18.8 Å². The number of aromatic nitrogens is 1. The summed E-state index contributed by atoms with van der Waals surface area (Å²) in [6.45, 7) is 0. The fraction of sp³-hybridized carbons (Fsp3) is 0.167. The van der Waals surface area contributed by atoms with Gasteiger partial charge in [0.2, 0.25) is 0 Å². The van der Waals surface area contributed by atoms with Crippen LogP contribution in [0.15, 0.2) is 47.6 Å². The highest BCUT2D eigenvalue weighted by molar-refractivity contribution is 7.17. The van der Waals surface area contributed by atoms with E-state index in [1.54, 1.807) is 12.3 Å². The van der Waals surface area contributed by atoms with E-state index in [-0.39, 0.29) is 5.91 Å². The molecule has 2 heterocycles. The highest BCUT2D eigenvalue weighted by atomic mass is 35.5. The van der Waals surface area contributed by atoms with E-state index in [1.807, 2.05) is 36.4 Å². The van der Waals surface area contributed by atoms with Gasteiger partial charge in [0.15, 0.2) is 0 Å². The van der Waals surface area contributed by atoms with E-state index in [4.69, 9.17) is 11.6 Å². The summed E-state index contributed by atoms with van der Waals surface area (Å²) in [6, 6.07) is 13.3. The van der Waals surface area contributed by atoms with Gasteiger partial charge in [-0.05, 0) is 37.1 Å². The minimum absolute atomic E-state index is 0.227. The van der Waals surface area contributed by atoms with Gasteiger partial charge in [-0.2, -0.15) is 5.10 Å². The molecule has 3 aromatic rings. The number of hydrogen-bond acceptors (Lipinski definition) is 4. The van der Waals surface area contributed by atoms with E-state index in [0.717, 1.165) is 34.3 Å². The van der Waals surface area contributed by atoms with Gasteiger partial charge in [-0.25, -0.2) is 5.43 Å². The van der Waals surface area contributed by atoms with Crippen molar-refractivity contribution < 1.29 is 4.79 Å². The quantitative estimate of drug-likeness (QED) is 0.549. The first-order chi connectivity index (χ1) is 11.7. The van der Waals surface area contributed by atoms with Gasteiger partial charge in [0, 0.05) is 21.9 Å². The van der Waals surface area contributed by atoms with Crippen molar-refractivity contribution in [3.05, 3.63) is 62.9 Å². The third-order valence-corrected chi connectivity index (χ3v) is 5.09.